The number of carbonyl (C=O) groups is 2. The Hall–Kier alpha value is -2.86. The summed E-state index contributed by atoms with van der Waals surface area (Å²) < 4.78 is 17.0. The summed E-state index contributed by atoms with van der Waals surface area (Å²) in [6.45, 7) is 5.63. The van der Waals surface area contributed by atoms with Crippen LogP contribution in [0.15, 0.2) is 30.3 Å². The van der Waals surface area contributed by atoms with Gasteiger partial charge in [-0.05, 0) is 43.5 Å². The number of fused-ring (bicyclic) bond motifs is 2. The van der Waals surface area contributed by atoms with Gasteiger partial charge in [-0.1, -0.05) is 31.2 Å². The van der Waals surface area contributed by atoms with E-state index in [1.807, 2.05) is 30.3 Å². The van der Waals surface area contributed by atoms with E-state index in [1.165, 1.54) is 5.56 Å². The first-order valence-corrected chi connectivity index (χ1v) is 10.9. The van der Waals surface area contributed by atoms with E-state index in [9.17, 15) is 9.59 Å². The molecule has 0 saturated carbocycles. The van der Waals surface area contributed by atoms with Gasteiger partial charge in [0.1, 0.15) is 5.78 Å². The van der Waals surface area contributed by atoms with Crippen molar-refractivity contribution in [2.45, 2.75) is 45.6 Å². The van der Waals surface area contributed by atoms with Crippen molar-refractivity contribution in [2.75, 3.05) is 27.0 Å². The first-order valence-electron chi connectivity index (χ1n) is 10.9. The number of aryl methyl sites for hydroxylation is 1. The molecular weight excluding hydrogens is 394 g/mol. The van der Waals surface area contributed by atoms with Gasteiger partial charge in [-0.3, -0.25) is 14.5 Å². The van der Waals surface area contributed by atoms with Gasteiger partial charge in [0.25, 0.3) is 0 Å². The number of rotatable bonds is 8. The van der Waals surface area contributed by atoms with Gasteiger partial charge < -0.3 is 14.2 Å². The van der Waals surface area contributed by atoms with Gasteiger partial charge in [0, 0.05) is 36.6 Å². The molecule has 0 saturated heterocycles. The molecule has 164 valence electrons. The summed E-state index contributed by atoms with van der Waals surface area (Å²) in [6.07, 6.45) is 2.46. The highest BCUT2D eigenvalue weighted by Gasteiger charge is 2.35. The Bertz CT molecular complexity index is 982. The van der Waals surface area contributed by atoms with Crippen LogP contribution in [-0.2, 0) is 17.6 Å². The molecule has 2 aliphatic rings. The highest BCUT2D eigenvalue weighted by Crippen LogP contribution is 2.50. The van der Waals surface area contributed by atoms with Crippen molar-refractivity contribution in [2.24, 2.45) is 0 Å². The molecule has 1 atom stereocenters. The minimum Gasteiger partial charge on any atom is -0.492 e. The first-order chi connectivity index (χ1) is 15.0. The molecule has 1 unspecified atom stereocenters. The summed E-state index contributed by atoms with van der Waals surface area (Å²) in [5.41, 5.74) is 3.98. The molecule has 0 aromatic heterocycles. The average Bonchev–Trinajstić information content (AvgIpc) is 3.25. The Balaban J connectivity index is 1.52. The number of ether oxygens (including phenoxy) is 3. The van der Waals surface area contributed by atoms with Gasteiger partial charge in [-0.25, -0.2) is 0 Å². The van der Waals surface area contributed by atoms with E-state index in [0.717, 1.165) is 36.4 Å². The van der Waals surface area contributed by atoms with Gasteiger partial charge in [-0.2, -0.15) is 0 Å². The van der Waals surface area contributed by atoms with Gasteiger partial charge >= 0.3 is 0 Å². The van der Waals surface area contributed by atoms with Crippen molar-refractivity contribution >= 4 is 11.6 Å². The molecule has 0 N–H and O–H groups in total. The van der Waals surface area contributed by atoms with Crippen molar-refractivity contribution in [3.05, 3.63) is 52.6 Å². The molecule has 0 amide bonds. The van der Waals surface area contributed by atoms with Crippen LogP contribution < -0.4 is 14.2 Å². The lowest BCUT2D eigenvalue weighted by Crippen LogP contribution is -2.36. The quantitative estimate of drug-likeness (QED) is 0.595. The van der Waals surface area contributed by atoms with Crippen LogP contribution in [0.4, 0.5) is 0 Å². The predicted octanol–water partition coefficient (Wildman–Crippen LogP) is 4.14. The minimum absolute atomic E-state index is 0.0363. The summed E-state index contributed by atoms with van der Waals surface area (Å²) in [5, 5.41) is 0. The van der Waals surface area contributed by atoms with Crippen LogP contribution in [0.3, 0.4) is 0 Å². The standard InChI is InChI=1S/C25H29NO5/c1-4-26-12-11-19-13-22-24(31-15-30-22)25(29-3)23(19)21(26)14-20(28)10-7-17-5-8-18(9-6-17)16(2)27/h5-6,8-9,13,21H,4,7,10-12,14-15H2,1-3H3. The van der Waals surface area contributed by atoms with Crippen LogP contribution in [-0.4, -0.2) is 43.5 Å². The number of Topliss-reactive ketones (excluding diaryl/α,β-unsaturated/α-hetero) is 2. The maximum Gasteiger partial charge on any atom is 0.231 e. The van der Waals surface area contributed by atoms with Crippen LogP contribution in [0, 0.1) is 0 Å². The third kappa shape index (κ3) is 4.30. The number of likely N-dealkylation sites (N-methyl/N-ethyl adjacent to an activating group) is 1. The topological polar surface area (TPSA) is 65.1 Å². The molecule has 4 rings (SSSR count). The molecule has 2 aromatic carbocycles. The highest BCUT2D eigenvalue weighted by molar-refractivity contribution is 5.94. The molecule has 2 aromatic rings. The van der Waals surface area contributed by atoms with Crippen LogP contribution in [0.5, 0.6) is 17.2 Å². The third-order valence-electron chi connectivity index (χ3n) is 6.27. The van der Waals surface area contributed by atoms with E-state index >= 15 is 0 Å². The zero-order chi connectivity index (χ0) is 22.0. The fourth-order valence-corrected chi connectivity index (χ4v) is 4.57. The molecular formula is C25H29NO5. The summed E-state index contributed by atoms with van der Waals surface area (Å²) in [6, 6.07) is 9.52. The normalized spacial score (nSPS) is 17.3. The van der Waals surface area contributed by atoms with Crippen molar-refractivity contribution in [1.82, 2.24) is 4.90 Å². The number of methoxy groups -OCH3 is 1. The van der Waals surface area contributed by atoms with Crippen LogP contribution in [0.25, 0.3) is 0 Å². The lowest BCUT2D eigenvalue weighted by molar-refractivity contribution is -0.120. The van der Waals surface area contributed by atoms with Crippen molar-refractivity contribution in [3.8, 4) is 17.2 Å². The molecule has 6 nitrogen and oxygen atoms in total. The summed E-state index contributed by atoms with van der Waals surface area (Å²) in [4.78, 5) is 26.8. The molecule has 0 bridgehead atoms. The van der Waals surface area contributed by atoms with Gasteiger partial charge in [0.2, 0.25) is 12.5 Å². The third-order valence-corrected chi connectivity index (χ3v) is 6.27. The molecule has 0 spiro atoms. The summed E-state index contributed by atoms with van der Waals surface area (Å²) in [5.74, 6) is 2.32. The number of carbonyl (C=O) groups excluding carboxylic acids is 2. The van der Waals surface area contributed by atoms with Crippen LogP contribution in [0.1, 0.15) is 59.8 Å². The molecule has 0 aliphatic carbocycles. The predicted molar refractivity (Wildman–Crippen MR) is 117 cm³/mol. The second-order valence-corrected chi connectivity index (χ2v) is 8.11. The van der Waals surface area contributed by atoms with Gasteiger partial charge in [-0.15, -0.1) is 0 Å². The van der Waals surface area contributed by atoms with E-state index in [0.29, 0.717) is 36.3 Å². The van der Waals surface area contributed by atoms with Crippen molar-refractivity contribution in [1.29, 1.82) is 0 Å². The molecule has 6 heteroatoms. The Labute approximate surface area is 183 Å². The lowest BCUT2D eigenvalue weighted by atomic mass is 9.87. The Morgan fingerprint density at radius 1 is 1.19 bits per heavy atom. The van der Waals surface area contributed by atoms with E-state index < -0.39 is 0 Å². The molecule has 0 radical (unpaired) electrons. The number of hydrogen-bond acceptors (Lipinski definition) is 6. The van der Waals surface area contributed by atoms with Gasteiger partial charge in [0.15, 0.2) is 17.3 Å². The smallest absolute Gasteiger partial charge is 0.231 e. The van der Waals surface area contributed by atoms with Crippen molar-refractivity contribution < 1.29 is 23.8 Å². The fraction of sp³-hybridized carbons (Fsp3) is 0.440. The number of hydrogen-bond donors (Lipinski definition) is 0. The minimum atomic E-state index is -0.0363. The number of benzene rings is 2. The number of nitrogens with zero attached hydrogens (tertiary/aromatic N) is 1. The van der Waals surface area contributed by atoms with E-state index in [2.05, 4.69) is 11.8 Å². The molecule has 31 heavy (non-hydrogen) atoms. The first kappa shape index (κ1) is 21.4. The summed E-state index contributed by atoms with van der Waals surface area (Å²) in [7, 11) is 1.64. The Kier molecular flexibility index (Phi) is 6.28. The van der Waals surface area contributed by atoms with Gasteiger partial charge in [0.05, 0.1) is 7.11 Å². The zero-order valence-electron chi connectivity index (χ0n) is 18.4. The monoisotopic (exact) mass is 423 g/mol. The van der Waals surface area contributed by atoms with Crippen molar-refractivity contribution in [3.63, 3.8) is 0 Å². The fourth-order valence-electron chi connectivity index (χ4n) is 4.57. The van der Waals surface area contributed by atoms with Crippen LogP contribution in [0.2, 0.25) is 0 Å². The SMILES string of the molecule is CCN1CCc2cc3c(c(OC)c2C1CC(=O)CCc1ccc(C(C)=O)cc1)OCO3. The average molecular weight is 424 g/mol. The maximum atomic E-state index is 13.0. The largest absolute Gasteiger partial charge is 0.492 e. The van der Waals surface area contributed by atoms with Crippen LogP contribution >= 0.6 is 0 Å². The Morgan fingerprint density at radius 2 is 1.97 bits per heavy atom. The summed E-state index contributed by atoms with van der Waals surface area (Å²) >= 11 is 0. The zero-order valence-corrected chi connectivity index (χ0v) is 18.4. The second-order valence-electron chi connectivity index (χ2n) is 8.11. The molecule has 2 heterocycles. The Morgan fingerprint density at radius 3 is 2.65 bits per heavy atom. The lowest BCUT2D eigenvalue weighted by Gasteiger charge is -2.37. The molecule has 2 aliphatic heterocycles. The highest BCUT2D eigenvalue weighted by atomic mass is 16.7. The number of ketones is 2. The van der Waals surface area contributed by atoms with E-state index in [-0.39, 0.29) is 24.4 Å². The maximum absolute atomic E-state index is 13.0. The second kappa shape index (κ2) is 9.10. The van der Waals surface area contributed by atoms with E-state index in [1.54, 1.807) is 14.0 Å². The molecule has 0 fully saturated rings. The van der Waals surface area contributed by atoms with E-state index in [4.69, 9.17) is 14.2 Å².